The first kappa shape index (κ1) is 8.20. The van der Waals surface area contributed by atoms with Crippen molar-refractivity contribution in [2.24, 2.45) is 10.7 Å². The smallest absolute Gasteiger partial charge is 0.320 e. The second-order valence-electron chi connectivity index (χ2n) is 2.70. The monoisotopic (exact) mass is 156 g/mol. The summed E-state index contributed by atoms with van der Waals surface area (Å²) in [6.07, 6.45) is 2.37. The van der Waals surface area contributed by atoms with Gasteiger partial charge in [-0.15, -0.1) is 0 Å². The Hall–Kier alpha value is -0.900. The number of hydrogen-bond acceptors (Lipinski definition) is 3. The molecule has 1 aliphatic heterocycles. The molecule has 0 aromatic heterocycles. The summed E-state index contributed by atoms with van der Waals surface area (Å²) in [5.41, 5.74) is 6.27. The summed E-state index contributed by atoms with van der Waals surface area (Å²) in [6, 6.07) is -0.771. The summed E-state index contributed by atoms with van der Waals surface area (Å²) >= 11 is 0. The molecule has 0 saturated carbocycles. The van der Waals surface area contributed by atoms with Crippen molar-refractivity contribution in [1.29, 1.82) is 0 Å². The third-order valence-corrected chi connectivity index (χ3v) is 1.73. The number of aliphatic imine (C=N–C) groups is 1. The minimum atomic E-state index is -0.945. The fraction of sp³-hybridized carbons (Fsp3) is 0.714. The SMILES string of the molecule is NC(CC1=NCCC1)C(=O)O. The van der Waals surface area contributed by atoms with Crippen LogP contribution < -0.4 is 5.73 Å². The zero-order valence-electron chi connectivity index (χ0n) is 6.29. The van der Waals surface area contributed by atoms with Crippen LogP contribution in [0.1, 0.15) is 19.3 Å². The number of nitrogens with zero attached hydrogens (tertiary/aromatic N) is 1. The summed E-state index contributed by atoms with van der Waals surface area (Å²) in [4.78, 5) is 14.4. The number of hydrogen-bond donors (Lipinski definition) is 2. The van der Waals surface area contributed by atoms with Gasteiger partial charge in [0, 0.05) is 18.7 Å². The quantitative estimate of drug-likeness (QED) is 0.605. The Morgan fingerprint density at radius 2 is 2.55 bits per heavy atom. The molecule has 1 atom stereocenters. The van der Waals surface area contributed by atoms with E-state index in [4.69, 9.17) is 10.8 Å². The lowest BCUT2D eigenvalue weighted by atomic mass is 10.1. The molecule has 0 bridgehead atoms. The lowest BCUT2D eigenvalue weighted by Crippen LogP contribution is -2.32. The van der Waals surface area contributed by atoms with Gasteiger partial charge in [-0.05, 0) is 12.8 Å². The first-order chi connectivity index (χ1) is 5.20. The van der Waals surface area contributed by atoms with Crippen molar-refractivity contribution in [3.8, 4) is 0 Å². The van der Waals surface area contributed by atoms with Gasteiger partial charge >= 0.3 is 5.97 Å². The van der Waals surface area contributed by atoms with Crippen molar-refractivity contribution >= 4 is 11.7 Å². The minimum Gasteiger partial charge on any atom is -0.480 e. The zero-order valence-corrected chi connectivity index (χ0v) is 6.29. The van der Waals surface area contributed by atoms with Crippen molar-refractivity contribution in [2.75, 3.05) is 6.54 Å². The van der Waals surface area contributed by atoms with Crippen LogP contribution in [0.5, 0.6) is 0 Å². The maximum atomic E-state index is 10.3. The summed E-state index contributed by atoms with van der Waals surface area (Å²) in [6.45, 7) is 0.835. The molecule has 0 aliphatic carbocycles. The summed E-state index contributed by atoms with van der Waals surface area (Å²) in [5.74, 6) is -0.945. The average Bonchev–Trinajstić information content (AvgIpc) is 2.39. The van der Waals surface area contributed by atoms with Crippen molar-refractivity contribution in [3.05, 3.63) is 0 Å². The van der Waals surface area contributed by atoms with Crippen molar-refractivity contribution in [2.45, 2.75) is 25.3 Å². The van der Waals surface area contributed by atoms with Crippen LogP contribution in [0.15, 0.2) is 4.99 Å². The average molecular weight is 156 g/mol. The molecular formula is C7H12N2O2. The van der Waals surface area contributed by atoms with E-state index in [1.54, 1.807) is 0 Å². The number of carboxylic acid groups (broad SMARTS) is 1. The molecule has 1 unspecified atom stereocenters. The molecule has 1 rings (SSSR count). The van der Waals surface area contributed by atoms with Crippen LogP contribution in [0, 0.1) is 0 Å². The highest BCUT2D eigenvalue weighted by Crippen LogP contribution is 2.08. The first-order valence-corrected chi connectivity index (χ1v) is 3.70. The topological polar surface area (TPSA) is 75.7 Å². The van der Waals surface area contributed by atoms with E-state index >= 15 is 0 Å². The van der Waals surface area contributed by atoms with Crippen LogP contribution in [0.4, 0.5) is 0 Å². The van der Waals surface area contributed by atoms with Crippen LogP contribution in [0.3, 0.4) is 0 Å². The van der Waals surface area contributed by atoms with Crippen molar-refractivity contribution < 1.29 is 9.90 Å². The van der Waals surface area contributed by atoms with Crippen LogP contribution in [-0.4, -0.2) is 29.4 Å². The molecule has 11 heavy (non-hydrogen) atoms. The molecule has 4 heteroatoms. The largest absolute Gasteiger partial charge is 0.480 e. The van der Waals surface area contributed by atoms with Gasteiger partial charge in [-0.25, -0.2) is 0 Å². The Kier molecular flexibility index (Phi) is 2.59. The standard InChI is InChI=1S/C7H12N2O2/c8-6(7(10)11)4-5-2-1-3-9-5/h6H,1-4,8H2,(H,10,11). The van der Waals surface area contributed by atoms with Crippen molar-refractivity contribution in [1.82, 2.24) is 0 Å². The lowest BCUT2D eigenvalue weighted by molar-refractivity contribution is -0.138. The normalized spacial score (nSPS) is 19.5. The third kappa shape index (κ3) is 2.31. The van der Waals surface area contributed by atoms with Gasteiger partial charge in [-0.3, -0.25) is 9.79 Å². The van der Waals surface area contributed by atoms with E-state index in [1.807, 2.05) is 0 Å². The molecule has 0 spiro atoms. The maximum absolute atomic E-state index is 10.3. The Morgan fingerprint density at radius 1 is 1.82 bits per heavy atom. The first-order valence-electron chi connectivity index (χ1n) is 3.70. The molecule has 0 radical (unpaired) electrons. The van der Waals surface area contributed by atoms with Gasteiger partial charge in [-0.1, -0.05) is 0 Å². The second kappa shape index (κ2) is 3.48. The molecular weight excluding hydrogens is 144 g/mol. The second-order valence-corrected chi connectivity index (χ2v) is 2.70. The van der Waals surface area contributed by atoms with Gasteiger partial charge in [0.15, 0.2) is 0 Å². The molecule has 1 heterocycles. The fourth-order valence-electron chi connectivity index (χ4n) is 1.11. The van der Waals surface area contributed by atoms with E-state index in [1.165, 1.54) is 0 Å². The molecule has 0 saturated heterocycles. The van der Waals surface area contributed by atoms with E-state index in [-0.39, 0.29) is 0 Å². The van der Waals surface area contributed by atoms with Crippen LogP contribution in [-0.2, 0) is 4.79 Å². The predicted octanol–water partition coefficient (Wildman–Crippen LogP) is 0.0232. The number of carbonyl (C=O) groups is 1. The molecule has 0 amide bonds. The van der Waals surface area contributed by atoms with Gasteiger partial charge < -0.3 is 10.8 Å². The molecule has 3 N–H and O–H groups in total. The van der Waals surface area contributed by atoms with Gasteiger partial charge in [-0.2, -0.15) is 0 Å². The highest BCUT2D eigenvalue weighted by molar-refractivity contribution is 5.90. The summed E-state index contributed by atoms with van der Waals surface area (Å²) in [5, 5.41) is 8.46. The van der Waals surface area contributed by atoms with Gasteiger partial charge in [0.25, 0.3) is 0 Å². The van der Waals surface area contributed by atoms with E-state index < -0.39 is 12.0 Å². The molecule has 0 aromatic rings. The minimum absolute atomic E-state index is 0.412. The van der Waals surface area contributed by atoms with E-state index in [0.717, 1.165) is 25.1 Å². The molecule has 4 nitrogen and oxygen atoms in total. The van der Waals surface area contributed by atoms with Crippen LogP contribution in [0.2, 0.25) is 0 Å². The van der Waals surface area contributed by atoms with Gasteiger partial charge in [0.2, 0.25) is 0 Å². The maximum Gasteiger partial charge on any atom is 0.320 e. The van der Waals surface area contributed by atoms with E-state index in [0.29, 0.717) is 6.42 Å². The Morgan fingerprint density at radius 3 is 3.00 bits per heavy atom. The number of aliphatic carboxylic acids is 1. The zero-order chi connectivity index (χ0) is 8.27. The number of nitrogens with two attached hydrogens (primary N) is 1. The third-order valence-electron chi connectivity index (χ3n) is 1.73. The summed E-state index contributed by atoms with van der Waals surface area (Å²) < 4.78 is 0. The highest BCUT2D eigenvalue weighted by Gasteiger charge is 2.16. The lowest BCUT2D eigenvalue weighted by Gasteiger charge is -2.04. The molecule has 1 aliphatic rings. The van der Waals surface area contributed by atoms with Crippen LogP contribution >= 0.6 is 0 Å². The fourth-order valence-corrected chi connectivity index (χ4v) is 1.11. The molecule has 62 valence electrons. The van der Waals surface area contributed by atoms with Crippen molar-refractivity contribution in [3.63, 3.8) is 0 Å². The Bertz CT molecular complexity index is 189. The Labute approximate surface area is 65.1 Å². The molecule has 0 aromatic carbocycles. The predicted molar refractivity (Wildman–Crippen MR) is 41.8 cm³/mol. The van der Waals surface area contributed by atoms with E-state index in [2.05, 4.69) is 4.99 Å². The molecule has 0 fully saturated rings. The van der Waals surface area contributed by atoms with Gasteiger partial charge in [0.1, 0.15) is 6.04 Å². The summed E-state index contributed by atoms with van der Waals surface area (Å²) in [7, 11) is 0. The van der Waals surface area contributed by atoms with Gasteiger partial charge in [0.05, 0.1) is 0 Å². The van der Waals surface area contributed by atoms with Crippen LogP contribution in [0.25, 0.3) is 0 Å². The highest BCUT2D eigenvalue weighted by atomic mass is 16.4. The number of carboxylic acids is 1. The number of rotatable bonds is 3. The Balaban J connectivity index is 2.35. The van der Waals surface area contributed by atoms with E-state index in [9.17, 15) is 4.79 Å².